The summed E-state index contributed by atoms with van der Waals surface area (Å²) in [6.07, 6.45) is 26.8. The van der Waals surface area contributed by atoms with E-state index in [0.717, 1.165) is 100 Å². The number of ether oxygens (including phenoxy) is 2. The molecule has 14 aromatic rings. The summed E-state index contributed by atoms with van der Waals surface area (Å²) in [5, 5.41) is 60.1. The van der Waals surface area contributed by atoms with Gasteiger partial charge in [-0.1, -0.05) is 212 Å². The van der Waals surface area contributed by atoms with Gasteiger partial charge in [-0.25, -0.2) is 24.0 Å². The van der Waals surface area contributed by atoms with Gasteiger partial charge in [-0.3, -0.25) is 9.38 Å². The Morgan fingerprint density at radius 2 is 0.951 bits per heavy atom. The monoisotopic (exact) mass is 1680 g/mol. The predicted octanol–water partition coefficient (Wildman–Crippen LogP) is 19.8. The van der Waals surface area contributed by atoms with E-state index in [0.29, 0.717) is 120 Å². The Labute approximate surface area is 715 Å². The fourth-order valence-electron chi connectivity index (χ4n) is 10.9. The standard InChI is InChI=1S/C11H12N2O.C10H16N2O.2C9H14N2O.C9H16N2O.3C8H10N4.C8H14N2O2.C7H12N2O2/c1-8(2)10-12-13-11(14-10)9-6-4-3-5-7-9;1-7(2)9-11-12-10(13-9)8-5-3-4-6-8;1-6(2)7-10-8(12-11-7)9(3)4-5-9;1-6(2)8-10-11-9(12-8)7-4-3-5-7;1-4-5-6-8-10-11-9(12-8)7(2)3;1-6(2)8-10-7-5-9-3-4-12(7)11-8;1-6(2)7-10-11-8-9-4-3-5-12(7)8;1-6(2)7-10-8-9-4-3-5-12(8)11-7;1-4-11-5-7-9-8(6(2)3)10-12-7;1-5(2)7-8-6(4-10-3)11-9-7/h3-8H,1-2H3;7-8H,3-6H2,1-2H3;6H,4-5H2,1-3H3;6-7H,3-5H2,1-2H3;7H,4-6H2,1-3H3;3*3-6H,1-2H3;6H,4-5H2,1-3H3;5H,4H2,1-3H3. The van der Waals surface area contributed by atoms with E-state index in [1.165, 1.54) is 64.2 Å². The Morgan fingerprint density at radius 1 is 0.443 bits per heavy atom. The van der Waals surface area contributed by atoms with E-state index in [4.69, 9.17) is 40.7 Å². The van der Waals surface area contributed by atoms with Crippen LogP contribution in [0.25, 0.3) is 28.7 Å². The zero-order valence-electron chi connectivity index (χ0n) is 75.9. The molecule has 3 aliphatic carbocycles. The van der Waals surface area contributed by atoms with E-state index in [1.54, 1.807) is 47.1 Å². The molecule has 0 radical (unpaired) electrons. The van der Waals surface area contributed by atoms with Crippen molar-refractivity contribution in [2.24, 2.45) is 0 Å². The van der Waals surface area contributed by atoms with Crippen molar-refractivity contribution in [3.63, 3.8) is 0 Å². The Morgan fingerprint density at radius 3 is 1.43 bits per heavy atom. The van der Waals surface area contributed by atoms with Gasteiger partial charge in [0.15, 0.2) is 34.8 Å². The van der Waals surface area contributed by atoms with Crippen LogP contribution in [0.4, 0.5) is 0 Å². The first-order chi connectivity index (χ1) is 58.5. The van der Waals surface area contributed by atoms with Crippen LogP contribution in [-0.2, 0) is 34.5 Å². The largest absolute Gasteiger partial charge is 0.425 e. The van der Waals surface area contributed by atoms with E-state index < -0.39 is 0 Å². The van der Waals surface area contributed by atoms with Crippen LogP contribution in [0.1, 0.15) is 395 Å². The molecule has 3 fully saturated rings. The molecule has 0 atom stereocenters. The highest BCUT2D eigenvalue weighted by Crippen LogP contribution is 2.47. The van der Waals surface area contributed by atoms with Crippen LogP contribution in [0.15, 0.2) is 117 Å². The molecule has 13 heterocycles. The van der Waals surface area contributed by atoms with Gasteiger partial charge >= 0.3 is 0 Å². The molecular formula is C87H128N26O9. The van der Waals surface area contributed by atoms with Crippen molar-refractivity contribution in [3.05, 3.63) is 180 Å². The number of fused-ring (bicyclic) bond motifs is 3. The van der Waals surface area contributed by atoms with E-state index >= 15 is 0 Å². The first-order valence-corrected chi connectivity index (χ1v) is 42.9. The number of rotatable bonds is 22. The van der Waals surface area contributed by atoms with Gasteiger partial charge in [-0.15, -0.1) is 56.1 Å². The molecule has 35 nitrogen and oxygen atoms in total. The topological polar surface area (TPSA) is 420 Å². The first-order valence-electron chi connectivity index (χ1n) is 42.9. The van der Waals surface area contributed by atoms with Gasteiger partial charge in [-0.05, 0) is 76.1 Å². The first kappa shape index (κ1) is 96.2. The Balaban J connectivity index is 0.000000168. The molecule has 13 aromatic heterocycles. The lowest BCUT2D eigenvalue weighted by Gasteiger charge is -2.20. The SMILES string of the molecule is CC(C)c1nc2cnccn2n1.CC(C)c1nc2ncccn2n1.CC(C)c1nnc(-c2ccccc2)o1.CC(C)c1nnc(C2CCC2)o1.CC(C)c1nnc(C2CCCC2)o1.CC(C)c1nnc2ncccn12.CC(C)c1noc(C2(C)CC2)n1.CCCCc1nnc(C(C)C)o1.CCOCc1nc(C(C)C)no1.COCc1nc(C(C)C)no1. The van der Waals surface area contributed by atoms with Crippen LogP contribution in [0.3, 0.4) is 0 Å². The second kappa shape index (κ2) is 48.4. The quantitative estimate of drug-likeness (QED) is 0.0608. The number of aromatic nitrogens is 26. The van der Waals surface area contributed by atoms with Crippen molar-refractivity contribution in [1.82, 2.24) is 130 Å². The number of benzene rings is 1. The molecule has 0 aliphatic heterocycles. The molecule has 35 heteroatoms. The molecule has 1 aromatic carbocycles. The lowest BCUT2D eigenvalue weighted by molar-refractivity contribution is 0.109. The molecule has 17 rings (SSSR count). The minimum absolute atomic E-state index is 0.208. The van der Waals surface area contributed by atoms with Crippen molar-refractivity contribution < 1.29 is 40.7 Å². The van der Waals surface area contributed by atoms with Gasteiger partial charge in [0.2, 0.25) is 53.0 Å². The number of nitrogens with zero attached hydrogens (tertiary/aromatic N) is 26. The van der Waals surface area contributed by atoms with Crippen molar-refractivity contribution in [3.8, 4) is 11.5 Å². The minimum atomic E-state index is 0.208. The average molecular weight is 1680 g/mol. The molecule has 3 saturated carbocycles. The fourth-order valence-corrected chi connectivity index (χ4v) is 10.9. The lowest BCUT2D eigenvalue weighted by atomic mass is 9.85. The molecular weight excluding hydrogens is 1550 g/mol. The van der Waals surface area contributed by atoms with Crippen LogP contribution in [0.2, 0.25) is 0 Å². The van der Waals surface area contributed by atoms with E-state index in [-0.39, 0.29) is 11.3 Å². The van der Waals surface area contributed by atoms with Crippen molar-refractivity contribution >= 4 is 17.2 Å². The fraction of sp³-hybridized carbons (Fsp3) is 0.598. The van der Waals surface area contributed by atoms with Gasteiger partial charge in [0.25, 0.3) is 23.3 Å². The van der Waals surface area contributed by atoms with Gasteiger partial charge < -0.3 is 40.7 Å². The van der Waals surface area contributed by atoms with E-state index in [9.17, 15) is 0 Å². The van der Waals surface area contributed by atoms with Gasteiger partial charge in [-0.2, -0.15) is 25.0 Å². The van der Waals surface area contributed by atoms with E-state index in [1.807, 2.05) is 108 Å². The van der Waals surface area contributed by atoms with Crippen LogP contribution < -0.4 is 0 Å². The third-order valence-electron chi connectivity index (χ3n) is 19.0. The normalized spacial score (nSPS) is 13.5. The summed E-state index contributed by atoms with van der Waals surface area (Å²) in [5.41, 5.74) is 1.98. The Kier molecular flexibility index (Phi) is 38.2. The van der Waals surface area contributed by atoms with Gasteiger partial charge in [0, 0.05) is 139 Å². The highest BCUT2D eigenvalue weighted by atomic mass is 16.5. The minimum Gasteiger partial charge on any atom is -0.425 e. The molecule has 122 heavy (non-hydrogen) atoms. The Bertz CT molecular complexity index is 4990. The Hall–Kier alpha value is -11.2. The summed E-state index contributed by atoms with van der Waals surface area (Å²) >= 11 is 0. The third-order valence-corrected chi connectivity index (χ3v) is 19.0. The van der Waals surface area contributed by atoms with Gasteiger partial charge in [0.05, 0.1) is 6.20 Å². The highest BCUT2D eigenvalue weighted by Gasteiger charge is 2.44. The maximum Gasteiger partial charge on any atom is 0.254 e. The third kappa shape index (κ3) is 30.1. The molecule has 0 unspecified atom stereocenters. The smallest absolute Gasteiger partial charge is 0.254 e. The molecule has 0 spiro atoms. The molecule has 0 bridgehead atoms. The highest BCUT2D eigenvalue weighted by molar-refractivity contribution is 5.51. The second-order valence-electron chi connectivity index (χ2n) is 33.3. The summed E-state index contributed by atoms with van der Waals surface area (Å²) in [6, 6.07) is 13.5. The molecule has 0 saturated heterocycles. The molecule has 0 N–H and O–H groups in total. The molecule has 660 valence electrons. The van der Waals surface area contributed by atoms with Crippen molar-refractivity contribution in [2.45, 2.75) is 326 Å². The van der Waals surface area contributed by atoms with Crippen molar-refractivity contribution in [1.29, 1.82) is 0 Å². The maximum absolute atomic E-state index is 5.61. The van der Waals surface area contributed by atoms with Crippen LogP contribution in [0, 0.1) is 0 Å². The molecule has 3 aliphatic rings. The van der Waals surface area contributed by atoms with Crippen LogP contribution in [0.5, 0.6) is 0 Å². The molecule has 0 amide bonds. The maximum atomic E-state index is 5.61. The summed E-state index contributed by atoms with van der Waals surface area (Å²) in [4.78, 5) is 33.3. The zero-order valence-corrected chi connectivity index (χ0v) is 75.9. The summed E-state index contributed by atoms with van der Waals surface area (Å²) in [7, 11) is 1.60. The number of unbranched alkanes of at least 4 members (excludes halogenated alkanes) is 1. The van der Waals surface area contributed by atoms with Crippen LogP contribution >= 0.6 is 0 Å². The number of aryl methyl sites for hydroxylation is 1. The average Bonchev–Trinajstić information content (AvgIpc) is 1.62. The number of hydrogen-bond donors (Lipinski definition) is 0. The lowest BCUT2D eigenvalue weighted by Crippen LogP contribution is -2.08. The summed E-state index contributed by atoms with van der Waals surface area (Å²) < 4.78 is 52.4. The summed E-state index contributed by atoms with van der Waals surface area (Å²) in [6.45, 7) is 48.8. The van der Waals surface area contributed by atoms with Crippen molar-refractivity contribution in [2.75, 3.05) is 13.7 Å². The summed E-state index contributed by atoms with van der Waals surface area (Å²) in [5.74, 6) is 18.8. The van der Waals surface area contributed by atoms with E-state index in [2.05, 4.69) is 227 Å². The van der Waals surface area contributed by atoms with Crippen LogP contribution in [-0.4, -0.2) is 144 Å². The number of hydrogen-bond acceptors (Lipinski definition) is 32. The number of methoxy groups -OCH3 is 1. The predicted molar refractivity (Wildman–Crippen MR) is 458 cm³/mol. The van der Waals surface area contributed by atoms with Gasteiger partial charge in [0.1, 0.15) is 19.0 Å². The zero-order chi connectivity index (χ0) is 88.4. The second-order valence-corrected chi connectivity index (χ2v) is 33.3.